The molecule has 2 saturated carbocycles. The summed E-state index contributed by atoms with van der Waals surface area (Å²) in [5.41, 5.74) is 3.30. The molecule has 36 heavy (non-hydrogen) atoms. The highest BCUT2D eigenvalue weighted by Gasteiger charge is 2.41. The second kappa shape index (κ2) is 10.5. The van der Waals surface area contributed by atoms with E-state index in [1.807, 2.05) is 23.1 Å². The van der Waals surface area contributed by atoms with Gasteiger partial charge in [0.1, 0.15) is 17.7 Å². The highest BCUT2D eigenvalue weighted by atomic mass is 16.2. The molecule has 3 aliphatic rings. The molecule has 0 spiro atoms. The van der Waals surface area contributed by atoms with Gasteiger partial charge < -0.3 is 20.2 Å². The topological polar surface area (TPSA) is 105 Å². The van der Waals surface area contributed by atoms with Gasteiger partial charge in [0.2, 0.25) is 5.91 Å². The van der Waals surface area contributed by atoms with E-state index in [9.17, 15) is 10.1 Å². The van der Waals surface area contributed by atoms with E-state index in [1.54, 1.807) is 24.4 Å². The number of carbonyl (C=O) groups excluding carboxylic acids is 1. The molecule has 3 fully saturated rings. The summed E-state index contributed by atoms with van der Waals surface area (Å²) in [7, 11) is 0. The summed E-state index contributed by atoms with van der Waals surface area (Å²) >= 11 is 0. The summed E-state index contributed by atoms with van der Waals surface area (Å²) in [4.78, 5) is 26.5. The van der Waals surface area contributed by atoms with Gasteiger partial charge >= 0.3 is 0 Å². The average molecular weight is 485 g/mol. The molecular formula is C28H32N6O2. The zero-order chi connectivity index (χ0) is 25.1. The molecule has 2 N–H and O–H groups in total. The van der Waals surface area contributed by atoms with Crippen LogP contribution in [-0.2, 0) is 4.79 Å². The van der Waals surface area contributed by atoms with E-state index < -0.39 is 0 Å². The molecule has 1 atom stereocenters. The Bertz CT molecular complexity index is 1210. The fourth-order valence-corrected chi connectivity index (χ4v) is 4.90. The third-order valence-corrected chi connectivity index (χ3v) is 7.12. The number of rotatable bonds is 9. The van der Waals surface area contributed by atoms with Crippen molar-refractivity contribution in [2.75, 3.05) is 36.5 Å². The number of aliphatic hydroxyl groups is 1. The first kappa shape index (κ1) is 24.0. The van der Waals surface area contributed by atoms with Crippen LogP contribution in [0.5, 0.6) is 0 Å². The maximum absolute atomic E-state index is 12.8. The number of aliphatic hydroxyl groups excluding tert-OH is 1. The highest BCUT2D eigenvalue weighted by molar-refractivity contribution is 5.88. The van der Waals surface area contributed by atoms with E-state index >= 15 is 0 Å². The zero-order valence-corrected chi connectivity index (χ0v) is 20.4. The lowest BCUT2D eigenvalue weighted by Gasteiger charge is -2.42. The number of hydrogen-bond acceptors (Lipinski definition) is 7. The van der Waals surface area contributed by atoms with Crippen molar-refractivity contribution in [3.05, 3.63) is 59.9 Å². The van der Waals surface area contributed by atoms with Crippen molar-refractivity contribution in [1.82, 2.24) is 14.9 Å². The minimum Gasteiger partial charge on any atom is -0.396 e. The summed E-state index contributed by atoms with van der Waals surface area (Å²) < 4.78 is 0. The molecule has 1 amide bonds. The predicted octanol–water partition coefficient (Wildman–Crippen LogP) is 3.98. The van der Waals surface area contributed by atoms with Crippen LogP contribution in [0.1, 0.15) is 54.8 Å². The van der Waals surface area contributed by atoms with Gasteiger partial charge in [0.25, 0.3) is 0 Å². The summed E-state index contributed by atoms with van der Waals surface area (Å²) in [6.45, 7) is 5.76. The van der Waals surface area contributed by atoms with Crippen LogP contribution in [0.25, 0.3) is 6.08 Å². The second-order valence-corrected chi connectivity index (χ2v) is 9.78. The maximum Gasteiger partial charge on any atom is 0.246 e. The van der Waals surface area contributed by atoms with Crippen LogP contribution < -0.4 is 10.2 Å². The van der Waals surface area contributed by atoms with E-state index in [1.165, 1.54) is 0 Å². The van der Waals surface area contributed by atoms with Crippen molar-refractivity contribution >= 4 is 29.3 Å². The summed E-state index contributed by atoms with van der Waals surface area (Å²) in [5.74, 6) is 2.27. The van der Waals surface area contributed by atoms with Crippen LogP contribution in [0.3, 0.4) is 0 Å². The van der Waals surface area contributed by atoms with E-state index in [2.05, 4.69) is 27.8 Å². The first-order chi connectivity index (χ1) is 17.6. The minimum atomic E-state index is 0.000868. The summed E-state index contributed by atoms with van der Waals surface area (Å²) in [5, 5.41) is 22.4. The lowest BCUT2D eigenvalue weighted by Crippen LogP contribution is -2.56. The van der Waals surface area contributed by atoms with Crippen molar-refractivity contribution in [2.45, 2.75) is 44.1 Å². The van der Waals surface area contributed by atoms with Crippen molar-refractivity contribution in [1.29, 1.82) is 5.26 Å². The number of piperazine rings is 1. The number of amides is 1. The predicted molar refractivity (Wildman–Crippen MR) is 140 cm³/mol. The fraction of sp³-hybridized carbons (Fsp3) is 0.429. The number of nitrogens with one attached hydrogen (secondary N) is 1. The molecule has 3 heterocycles. The largest absolute Gasteiger partial charge is 0.396 e. The maximum atomic E-state index is 12.8. The Balaban J connectivity index is 1.41. The van der Waals surface area contributed by atoms with Crippen molar-refractivity contribution < 1.29 is 9.90 Å². The molecule has 1 unspecified atom stereocenters. The van der Waals surface area contributed by atoms with Gasteiger partial charge in [-0.05, 0) is 67.9 Å². The van der Waals surface area contributed by atoms with Gasteiger partial charge in [-0.3, -0.25) is 4.79 Å². The molecule has 0 aromatic carbocycles. The Morgan fingerprint density at radius 1 is 1.28 bits per heavy atom. The van der Waals surface area contributed by atoms with E-state index in [-0.39, 0.29) is 18.6 Å². The molecule has 0 radical (unpaired) electrons. The van der Waals surface area contributed by atoms with Crippen LogP contribution in [-0.4, -0.2) is 58.2 Å². The van der Waals surface area contributed by atoms with Crippen molar-refractivity contribution in [3.8, 4) is 6.07 Å². The number of pyridine rings is 2. The lowest BCUT2D eigenvalue weighted by atomic mass is 10.0. The number of carbonyl (C=O) groups is 1. The van der Waals surface area contributed by atoms with Crippen molar-refractivity contribution in [3.63, 3.8) is 0 Å². The van der Waals surface area contributed by atoms with Crippen LogP contribution in [0.2, 0.25) is 0 Å². The zero-order valence-electron chi connectivity index (χ0n) is 20.4. The molecule has 2 aliphatic carbocycles. The Morgan fingerprint density at radius 3 is 2.81 bits per heavy atom. The standard InChI is InChI=1S/C28H32N6O2/c1-2-19-10-11-30-25(15-19)31-23-16-22(17-29)28(32-27(23)21-8-9-21)33-12-13-34(24(18-33)20-6-7-20)26(36)5-3-4-14-35/h2-3,5,10-11,15-16,20-21,24,35H,1,4,6-9,12-14,18H2,(H,30,31)/b5-3+. The van der Waals surface area contributed by atoms with E-state index in [4.69, 9.17) is 10.1 Å². The second-order valence-electron chi connectivity index (χ2n) is 9.78. The molecule has 8 nitrogen and oxygen atoms in total. The number of nitriles is 1. The molecule has 2 aromatic heterocycles. The van der Waals surface area contributed by atoms with Gasteiger partial charge in [-0.25, -0.2) is 9.97 Å². The normalized spacial score (nSPS) is 19.8. The summed E-state index contributed by atoms with van der Waals surface area (Å²) in [6, 6.07) is 8.19. The number of anilines is 3. The van der Waals surface area contributed by atoms with Crippen LogP contribution >= 0.6 is 0 Å². The molecule has 1 saturated heterocycles. The molecule has 0 bridgehead atoms. The Morgan fingerprint density at radius 2 is 2.11 bits per heavy atom. The third kappa shape index (κ3) is 5.26. The van der Waals surface area contributed by atoms with E-state index in [0.29, 0.717) is 55.1 Å². The van der Waals surface area contributed by atoms with Gasteiger partial charge in [0.05, 0.1) is 23.0 Å². The molecule has 2 aromatic rings. The Labute approximate surface area is 212 Å². The van der Waals surface area contributed by atoms with Gasteiger partial charge in [-0.2, -0.15) is 5.26 Å². The van der Waals surface area contributed by atoms with Gasteiger partial charge in [-0.15, -0.1) is 0 Å². The third-order valence-electron chi connectivity index (χ3n) is 7.12. The van der Waals surface area contributed by atoms with E-state index in [0.717, 1.165) is 42.6 Å². The van der Waals surface area contributed by atoms with Gasteiger partial charge in [0.15, 0.2) is 0 Å². The number of aromatic nitrogens is 2. The van der Waals surface area contributed by atoms with Crippen molar-refractivity contribution in [2.24, 2.45) is 5.92 Å². The fourth-order valence-electron chi connectivity index (χ4n) is 4.90. The SMILES string of the molecule is C=Cc1ccnc(Nc2cc(C#N)c(N3CCN(C(=O)/C=C/CCO)C(C4CC4)C3)nc2C2CC2)c1. The Hall–Kier alpha value is -3.70. The minimum absolute atomic E-state index is 0.000868. The highest BCUT2D eigenvalue weighted by Crippen LogP contribution is 2.45. The van der Waals surface area contributed by atoms with Gasteiger partial charge in [0, 0.05) is 38.4 Å². The molecule has 1 aliphatic heterocycles. The molecule has 8 heteroatoms. The van der Waals surface area contributed by atoms with Crippen LogP contribution in [0.4, 0.5) is 17.3 Å². The quantitative estimate of drug-likeness (QED) is 0.519. The van der Waals surface area contributed by atoms with Gasteiger partial charge in [-0.1, -0.05) is 18.7 Å². The Kier molecular flexibility index (Phi) is 7.01. The molecule has 186 valence electrons. The smallest absolute Gasteiger partial charge is 0.246 e. The summed E-state index contributed by atoms with van der Waals surface area (Å²) in [6.07, 6.45) is 11.7. The lowest BCUT2D eigenvalue weighted by molar-refractivity contribution is -0.129. The number of hydrogen-bond donors (Lipinski definition) is 2. The number of nitrogens with zero attached hydrogens (tertiary/aromatic N) is 5. The average Bonchev–Trinajstić information content (AvgIpc) is 3.82. The van der Waals surface area contributed by atoms with Crippen LogP contribution in [0.15, 0.2) is 43.1 Å². The molecule has 5 rings (SSSR count). The van der Waals surface area contributed by atoms with Crippen LogP contribution in [0, 0.1) is 17.2 Å². The first-order valence-electron chi connectivity index (χ1n) is 12.7. The molecular weight excluding hydrogens is 452 g/mol. The first-order valence-corrected chi connectivity index (χ1v) is 12.7. The monoisotopic (exact) mass is 484 g/mol.